The van der Waals surface area contributed by atoms with E-state index in [1.54, 1.807) is 62.4 Å². The maximum absolute atomic E-state index is 12.0. The summed E-state index contributed by atoms with van der Waals surface area (Å²) in [4.78, 5) is 12.0. The molecule has 1 N–H and O–H groups in total. The first-order valence-corrected chi connectivity index (χ1v) is 8.11. The fourth-order valence-electron chi connectivity index (χ4n) is 2.28. The van der Waals surface area contributed by atoms with E-state index in [0.717, 1.165) is 11.1 Å². The smallest absolute Gasteiger partial charge is 0.338 e. The van der Waals surface area contributed by atoms with Gasteiger partial charge in [-0.3, -0.25) is 0 Å². The molecule has 27 heavy (non-hydrogen) atoms. The van der Waals surface area contributed by atoms with E-state index in [2.05, 4.69) is 5.32 Å². The summed E-state index contributed by atoms with van der Waals surface area (Å²) >= 11 is 0. The summed E-state index contributed by atoms with van der Waals surface area (Å²) in [5, 5.41) is 29.6. The van der Waals surface area contributed by atoms with Crippen molar-refractivity contribution in [3.63, 3.8) is 0 Å². The summed E-state index contributed by atoms with van der Waals surface area (Å²) in [6.45, 7) is 3.59. The number of ether oxygens (including phenoxy) is 1. The molecule has 0 amide bonds. The maximum atomic E-state index is 12.0. The lowest BCUT2D eigenvalue weighted by Gasteiger charge is -2.10. The molecule has 0 heterocycles. The van der Waals surface area contributed by atoms with E-state index < -0.39 is 0 Å². The van der Waals surface area contributed by atoms with Crippen LogP contribution in [0.1, 0.15) is 24.2 Å². The van der Waals surface area contributed by atoms with Gasteiger partial charge in [0.1, 0.15) is 23.9 Å². The Bertz CT molecular complexity index is 984. The Morgan fingerprint density at radius 1 is 0.963 bits per heavy atom. The van der Waals surface area contributed by atoms with Gasteiger partial charge in [-0.05, 0) is 49.2 Å². The van der Waals surface area contributed by atoms with E-state index in [1.807, 2.05) is 18.2 Å². The standard InChI is InChI=1S/C21H16N4O2/c1-14(2)27-21(26)17-5-3-4-16(10-17)15-6-8-19(9-7-15)25-20(13-24)18(11-22)12-23/h3-10,14,25H,1-2H3. The zero-order valence-corrected chi connectivity index (χ0v) is 14.9. The van der Waals surface area contributed by atoms with Crippen LogP contribution in [0.25, 0.3) is 11.1 Å². The third-order valence-electron chi connectivity index (χ3n) is 3.51. The molecule has 0 spiro atoms. The number of anilines is 1. The highest BCUT2D eigenvalue weighted by molar-refractivity contribution is 5.91. The Kier molecular flexibility index (Phi) is 6.31. The van der Waals surface area contributed by atoms with Crippen molar-refractivity contribution in [2.24, 2.45) is 0 Å². The Hall–Kier alpha value is -4.08. The topological polar surface area (TPSA) is 110 Å². The van der Waals surface area contributed by atoms with Gasteiger partial charge >= 0.3 is 5.97 Å². The Balaban J connectivity index is 2.25. The molecule has 2 aromatic carbocycles. The highest BCUT2D eigenvalue weighted by atomic mass is 16.5. The lowest BCUT2D eigenvalue weighted by atomic mass is 10.0. The molecular formula is C21H16N4O2. The van der Waals surface area contributed by atoms with Gasteiger partial charge in [0, 0.05) is 5.69 Å². The number of hydrogen-bond acceptors (Lipinski definition) is 6. The Morgan fingerprint density at radius 2 is 1.63 bits per heavy atom. The maximum Gasteiger partial charge on any atom is 0.338 e. The zero-order chi connectivity index (χ0) is 19.8. The van der Waals surface area contributed by atoms with Crippen LogP contribution in [0, 0.1) is 34.0 Å². The van der Waals surface area contributed by atoms with E-state index in [-0.39, 0.29) is 23.3 Å². The third-order valence-corrected chi connectivity index (χ3v) is 3.51. The number of esters is 1. The quantitative estimate of drug-likeness (QED) is 0.636. The largest absolute Gasteiger partial charge is 0.459 e. The predicted octanol–water partition coefficient (Wildman–Crippen LogP) is 4.16. The van der Waals surface area contributed by atoms with Crippen molar-refractivity contribution in [3.8, 4) is 29.3 Å². The SMILES string of the molecule is CC(C)OC(=O)c1cccc(-c2ccc(NC(C#N)=C(C#N)C#N)cc2)c1. The highest BCUT2D eigenvalue weighted by Crippen LogP contribution is 2.23. The second kappa shape index (κ2) is 8.85. The summed E-state index contributed by atoms with van der Waals surface area (Å²) in [5.41, 5.74) is 2.34. The summed E-state index contributed by atoms with van der Waals surface area (Å²) < 4.78 is 5.21. The van der Waals surface area contributed by atoms with Gasteiger partial charge in [0.2, 0.25) is 0 Å². The van der Waals surface area contributed by atoms with Gasteiger partial charge in [0.15, 0.2) is 5.57 Å². The minimum Gasteiger partial charge on any atom is -0.459 e. The molecular weight excluding hydrogens is 340 g/mol. The number of carbonyl (C=O) groups excluding carboxylic acids is 1. The molecule has 0 aliphatic heterocycles. The fraction of sp³-hybridized carbons (Fsp3) is 0.143. The molecule has 2 aromatic rings. The van der Waals surface area contributed by atoms with Crippen LogP contribution >= 0.6 is 0 Å². The van der Waals surface area contributed by atoms with Crippen LogP contribution in [0.5, 0.6) is 0 Å². The fourth-order valence-corrected chi connectivity index (χ4v) is 2.28. The van der Waals surface area contributed by atoms with E-state index in [4.69, 9.17) is 20.5 Å². The number of carbonyl (C=O) groups is 1. The molecule has 0 atom stereocenters. The second-order valence-electron chi connectivity index (χ2n) is 5.82. The molecule has 0 aliphatic rings. The number of nitriles is 3. The van der Waals surface area contributed by atoms with Gasteiger partial charge in [-0.1, -0.05) is 24.3 Å². The normalized spacial score (nSPS) is 9.48. The second-order valence-corrected chi connectivity index (χ2v) is 5.82. The van der Waals surface area contributed by atoms with E-state index in [1.165, 1.54) is 0 Å². The monoisotopic (exact) mass is 356 g/mol. The van der Waals surface area contributed by atoms with Crippen molar-refractivity contribution in [2.45, 2.75) is 20.0 Å². The predicted molar refractivity (Wildman–Crippen MR) is 99.9 cm³/mol. The number of nitrogens with zero attached hydrogens (tertiary/aromatic N) is 3. The first-order valence-electron chi connectivity index (χ1n) is 8.11. The lowest BCUT2D eigenvalue weighted by molar-refractivity contribution is 0.0378. The van der Waals surface area contributed by atoms with Crippen molar-refractivity contribution in [1.82, 2.24) is 0 Å². The van der Waals surface area contributed by atoms with Crippen LogP contribution in [0.15, 0.2) is 59.8 Å². The van der Waals surface area contributed by atoms with Gasteiger partial charge in [-0.25, -0.2) is 4.79 Å². The molecule has 0 fully saturated rings. The van der Waals surface area contributed by atoms with Crippen LogP contribution in [-0.2, 0) is 4.74 Å². The van der Waals surface area contributed by atoms with E-state index >= 15 is 0 Å². The van der Waals surface area contributed by atoms with Crippen LogP contribution in [0.2, 0.25) is 0 Å². The van der Waals surface area contributed by atoms with Crippen molar-refractivity contribution in [2.75, 3.05) is 5.32 Å². The molecule has 0 radical (unpaired) electrons. The van der Waals surface area contributed by atoms with Crippen molar-refractivity contribution < 1.29 is 9.53 Å². The summed E-state index contributed by atoms with van der Waals surface area (Å²) in [6.07, 6.45) is -0.194. The summed E-state index contributed by atoms with van der Waals surface area (Å²) in [6, 6.07) is 19.3. The number of rotatable bonds is 5. The molecule has 0 aliphatic carbocycles. The van der Waals surface area contributed by atoms with E-state index in [0.29, 0.717) is 11.3 Å². The average Bonchev–Trinajstić information content (AvgIpc) is 2.68. The first kappa shape index (κ1) is 19.2. The molecule has 0 saturated carbocycles. The zero-order valence-electron chi connectivity index (χ0n) is 14.9. The Morgan fingerprint density at radius 3 is 2.19 bits per heavy atom. The van der Waals surface area contributed by atoms with Gasteiger partial charge in [-0.15, -0.1) is 0 Å². The van der Waals surface area contributed by atoms with Gasteiger partial charge < -0.3 is 10.1 Å². The summed E-state index contributed by atoms with van der Waals surface area (Å²) in [7, 11) is 0. The van der Waals surface area contributed by atoms with Crippen molar-refractivity contribution in [3.05, 3.63) is 65.4 Å². The van der Waals surface area contributed by atoms with Crippen molar-refractivity contribution >= 4 is 11.7 Å². The number of allylic oxidation sites excluding steroid dienone is 2. The number of nitrogens with one attached hydrogen (secondary N) is 1. The molecule has 0 bridgehead atoms. The molecule has 2 rings (SSSR count). The number of benzene rings is 2. The minimum atomic E-state index is -0.380. The van der Waals surface area contributed by atoms with Crippen LogP contribution in [-0.4, -0.2) is 12.1 Å². The van der Waals surface area contributed by atoms with Gasteiger partial charge in [-0.2, -0.15) is 15.8 Å². The summed E-state index contributed by atoms with van der Waals surface area (Å²) in [5.74, 6) is -0.380. The molecule has 0 aromatic heterocycles. The highest BCUT2D eigenvalue weighted by Gasteiger charge is 2.11. The third kappa shape index (κ3) is 4.95. The first-order chi connectivity index (χ1) is 13.0. The van der Waals surface area contributed by atoms with Crippen LogP contribution in [0.4, 0.5) is 5.69 Å². The molecule has 0 saturated heterocycles. The molecule has 132 valence electrons. The van der Waals surface area contributed by atoms with Crippen LogP contribution in [0.3, 0.4) is 0 Å². The molecule has 0 unspecified atom stereocenters. The van der Waals surface area contributed by atoms with E-state index in [9.17, 15) is 4.79 Å². The van der Waals surface area contributed by atoms with Gasteiger partial charge in [0.05, 0.1) is 11.7 Å². The van der Waals surface area contributed by atoms with Crippen molar-refractivity contribution in [1.29, 1.82) is 15.8 Å². The molecule has 6 nitrogen and oxygen atoms in total. The van der Waals surface area contributed by atoms with Crippen LogP contribution < -0.4 is 5.32 Å². The minimum absolute atomic E-state index is 0.105. The van der Waals surface area contributed by atoms with Gasteiger partial charge in [0.25, 0.3) is 0 Å². The molecule has 6 heteroatoms. The Labute approximate surface area is 157 Å². The number of hydrogen-bond donors (Lipinski definition) is 1. The average molecular weight is 356 g/mol. The lowest BCUT2D eigenvalue weighted by Crippen LogP contribution is -2.11.